The monoisotopic (exact) mass is 238 g/mol. The number of hydrogen-bond acceptors (Lipinski definition) is 2. The van der Waals surface area contributed by atoms with E-state index in [2.05, 4.69) is 22.1 Å². The maximum atomic E-state index is 9.10. The molecule has 0 unspecified atom stereocenters. The third kappa shape index (κ3) is 1.69. The van der Waals surface area contributed by atoms with Gasteiger partial charge in [0.1, 0.15) is 0 Å². The zero-order valence-corrected chi connectivity index (χ0v) is 10.1. The Morgan fingerprint density at radius 3 is 2.94 bits per heavy atom. The lowest BCUT2D eigenvalue weighted by molar-refractivity contribution is 0.332. The summed E-state index contributed by atoms with van der Waals surface area (Å²) in [6, 6.07) is 10.2. The number of nitrogens with one attached hydrogen (secondary N) is 1. The summed E-state index contributed by atoms with van der Waals surface area (Å²) in [5.41, 5.74) is 3.90. The fourth-order valence-electron chi connectivity index (χ4n) is 2.18. The minimum atomic E-state index is 0.0539. The van der Waals surface area contributed by atoms with Gasteiger partial charge in [0.15, 0.2) is 0 Å². The molecule has 2 aromatic heterocycles. The lowest BCUT2D eigenvalue weighted by Crippen LogP contribution is -1.87. The van der Waals surface area contributed by atoms with Gasteiger partial charge in [0.05, 0.1) is 17.8 Å². The highest BCUT2D eigenvalue weighted by Crippen LogP contribution is 2.27. The van der Waals surface area contributed by atoms with E-state index in [9.17, 15) is 0 Å². The predicted octanol–water partition coefficient (Wildman–Crippen LogP) is 3.11. The highest BCUT2D eigenvalue weighted by Gasteiger charge is 2.06. The Bertz CT molecular complexity index is 740. The van der Waals surface area contributed by atoms with E-state index in [1.807, 2.05) is 31.2 Å². The first kappa shape index (κ1) is 11.0. The van der Waals surface area contributed by atoms with Gasteiger partial charge in [0.2, 0.25) is 0 Å². The molecule has 0 amide bonds. The van der Waals surface area contributed by atoms with Crippen molar-refractivity contribution in [2.75, 3.05) is 6.61 Å². The van der Waals surface area contributed by atoms with E-state index in [-0.39, 0.29) is 6.61 Å². The second-order valence-electron chi connectivity index (χ2n) is 4.44. The van der Waals surface area contributed by atoms with Crippen LogP contribution in [-0.2, 0) is 0 Å². The first-order valence-corrected chi connectivity index (χ1v) is 5.93. The van der Waals surface area contributed by atoms with Gasteiger partial charge in [-0.15, -0.1) is 0 Å². The van der Waals surface area contributed by atoms with Crippen LogP contribution in [0.5, 0.6) is 0 Å². The Kier molecular flexibility index (Phi) is 2.61. The zero-order chi connectivity index (χ0) is 12.5. The number of hydrogen-bond donors (Lipinski definition) is 2. The second kappa shape index (κ2) is 4.27. The average molecular weight is 238 g/mol. The molecule has 0 aliphatic heterocycles. The Morgan fingerprint density at radius 2 is 2.11 bits per heavy atom. The largest absolute Gasteiger partial charge is 0.392 e. The normalized spacial score (nSPS) is 12.4. The Morgan fingerprint density at radius 1 is 1.28 bits per heavy atom. The minimum Gasteiger partial charge on any atom is -0.392 e. The molecule has 0 radical (unpaired) electrons. The van der Waals surface area contributed by atoms with Crippen molar-refractivity contribution in [3.05, 3.63) is 47.8 Å². The van der Waals surface area contributed by atoms with Crippen molar-refractivity contribution in [1.82, 2.24) is 9.97 Å². The third-order valence-electron chi connectivity index (χ3n) is 3.09. The molecule has 0 aliphatic rings. The highest BCUT2D eigenvalue weighted by molar-refractivity contribution is 6.08. The number of H-pyrrole nitrogens is 1. The van der Waals surface area contributed by atoms with Gasteiger partial charge in [-0.05, 0) is 30.7 Å². The van der Waals surface area contributed by atoms with E-state index >= 15 is 0 Å². The van der Waals surface area contributed by atoms with Crippen molar-refractivity contribution in [2.24, 2.45) is 0 Å². The maximum absolute atomic E-state index is 9.10. The molecule has 0 aliphatic carbocycles. The third-order valence-corrected chi connectivity index (χ3v) is 3.09. The number of aromatic amines is 1. The summed E-state index contributed by atoms with van der Waals surface area (Å²) in [6.45, 7) is 1.95. The van der Waals surface area contributed by atoms with Crippen molar-refractivity contribution in [2.45, 2.75) is 6.92 Å². The van der Waals surface area contributed by atoms with Crippen LogP contribution in [0.15, 0.2) is 42.1 Å². The van der Waals surface area contributed by atoms with Crippen LogP contribution < -0.4 is 0 Å². The van der Waals surface area contributed by atoms with Crippen LogP contribution >= 0.6 is 0 Å². The standard InChI is InChI=1S/C15H14N2O/c1-10(9-18)8-14-15-12(6-7-16-14)11-4-2-3-5-13(11)17-15/h2-8,17-18H,9H2,1H3/b10-8-. The molecule has 3 aromatic rings. The minimum absolute atomic E-state index is 0.0539. The molecule has 0 bridgehead atoms. The lowest BCUT2D eigenvalue weighted by atomic mass is 10.1. The van der Waals surface area contributed by atoms with Crippen LogP contribution in [-0.4, -0.2) is 21.7 Å². The van der Waals surface area contributed by atoms with E-state index in [4.69, 9.17) is 5.11 Å². The van der Waals surface area contributed by atoms with Crippen LogP contribution in [0, 0.1) is 0 Å². The number of aliphatic hydroxyl groups excluding tert-OH is 1. The molecular formula is C15H14N2O. The molecule has 3 rings (SSSR count). The highest BCUT2D eigenvalue weighted by atomic mass is 16.3. The maximum Gasteiger partial charge on any atom is 0.0871 e. The molecule has 2 N–H and O–H groups in total. The zero-order valence-electron chi connectivity index (χ0n) is 10.1. The van der Waals surface area contributed by atoms with Crippen molar-refractivity contribution in [3.8, 4) is 0 Å². The summed E-state index contributed by atoms with van der Waals surface area (Å²) < 4.78 is 0. The molecule has 0 spiro atoms. The van der Waals surface area contributed by atoms with Crippen LogP contribution in [0.4, 0.5) is 0 Å². The van der Waals surface area contributed by atoms with Gasteiger partial charge in [-0.2, -0.15) is 0 Å². The first-order chi connectivity index (χ1) is 8.79. The molecule has 0 saturated heterocycles. The molecule has 0 atom stereocenters. The van der Waals surface area contributed by atoms with Gasteiger partial charge < -0.3 is 10.1 Å². The first-order valence-electron chi connectivity index (χ1n) is 5.93. The number of nitrogens with zero attached hydrogens (tertiary/aromatic N) is 1. The molecule has 0 saturated carbocycles. The Hall–Kier alpha value is -2.13. The van der Waals surface area contributed by atoms with Gasteiger partial charge in [0, 0.05) is 22.5 Å². The van der Waals surface area contributed by atoms with Gasteiger partial charge in [0.25, 0.3) is 0 Å². The van der Waals surface area contributed by atoms with E-state index in [0.29, 0.717) is 0 Å². The van der Waals surface area contributed by atoms with E-state index in [1.165, 1.54) is 5.39 Å². The molecule has 3 heteroatoms. The summed E-state index contributed by atoms with van der Waals surface area (Å²) in [4.78, 5) is 7.76. The van der Waals surface area contributed by atoms with Crippen molar-refractivity contribution >= 4 is 27.9 Å². The topological polar surface area (TPSA) is 48.9 Å². The van der Waals surface area contributed by atoms with Crippen LogP contribution in [0.3, 0.4) is 0 Å². The number of rotatable bonds is 2. The summed E-state index contributed by atoms with van der Waals surface area (Å²) in [7, 11) is 0. The Labute approximate surface area is 105 Å². The molecule has 1 aromatic carbocycles. The summed E-state index contributed by atoms with van der Waals surface area (Å²) in [5, 5.41) is 11.5. The quantitative estimate of drug-likeness (QED) is 0.720. The van der Waals surface area contributed by atoms with Crippen LogP contribution in [0.25, 0.3) is 27.9 Å². The average Bonchev–Trinajstić information content (AvgIpc) is 2.78. The van der Waals surface area contributed by atoms with E-state index in [1.54, 1.807) is 6.20 Å². The molecular weight excluding hydrogens is 224 g/mol. The lowest BCUT2D eigenvalue weighted by Gasteiger charge is -1.98. The SMILES string of the molecule is C/C(=C/c1nccc2c1[nH]c1ccccc12)CO. The summed E-state index contributed by atoms with van der Waals surface area (Å²) in [5.74, 6) is 0. The number of benzene rings is 1. The van der Waals surface area contributed by atoms with Crippen molar-refractivity contribution in [3.63, 3.8) is 0 Å². The van der Waals surface area contributed by atoms with Gasteiger partial charge in [-0.3, -0.25) is 4.98 Å². The molecule has 90 valence electrons. The van der Waals surface area contributed by atoms with Gasteiger partial charge >= 0.3 is 0 Å². The van der Waals surface area contributed by atoms with Crippen LogP contribution in [0.1, 0.15) is 12.6 Å². The number of pyridine rings is 1. The fraction of sp³-hybridized carbons (Fsp3) is 0.133. The van der Waals surface area contributed by atoms with Crippen molar-refractivity contribution in [1.29, 1.82) is 0 Å². The second-order valence-corrected chi connectivity index (χ2v) is 4.44. The molecule has 0 fully saturated rings. The number of para-hydroxylation sites is 1. The van der Waals surface area contributed by atoms with E-state index in [0.717, 1.165) is 27.7 Å². The number of aromatic nitrogens is 2. The molecule has 2 heterocycles. The number of fused-ring (bicyclic) bond motifs is 3. The van der Waals surface area contributed by atoms with E-state index < -0.39 is 0 Å². The fourth-order valence-corrected chi connectivity index (χ4v) is 2.18. The van der Waals surface area contributed by atoms with Crippen LogP contribution in [0.2, 0.25) is 0 Å². The smallest absolute Gasteiger partial charge is 0.0871 e. The molecule has 18 heavy (non-hydrogen) atoms. The van der Waals surface area contributed by atoms with Gasteiger partial charge in [-0.1, -0.05) is 18.2 Å². The Balaban J connectivity index is 2.34. The number of aliphatic hydroxyl groups is 1. The van der Waals surface area contributed by atoms with Crippen molar-refractivity contribution < 1.29 is 5.11 Å². The molecule has 3 nitrogen and oxygen atoms in total. The summed E-state index contributed by atoms with van der Waals surface area (Å²) >= 11 is 0. The van der Waals surface area contributed by atoms with Gasteiger partial charge in [-0.25, -0.2) is 0 Å². The summed E-state index contributed by atoms with van der Waals surface area (Å²) in [6.07, 6.45) is 3.72. The predicted molar refractivity (Wildman–Crippen MR) is 74.3 cm³/mol.